The molecule has 3 rings (SSSR count). The van der Waals surface area contributed by atoms with Crippen LogP contribution >= 0.6 is 0 Å². The van der Waals surface area contributed by atoms with Gasteiger partial charge < -0.3 is 4.57 Å². The second-order valence-electron chi connectivity index (χ2n) is 5.41. The summed E-state index contributed by atoms with van der Waals surface area (Å²) in [7, 11) is 3.22. The van der Waals surface area contributed by atoms with Crippen LogP contribution in [-0.4, -0.2) is 19.1 Å². The van der Waals surface area contributed by atoms with Crippen molar-refractivity contribution in [3.8, 4) is 11.5 Å². The zero-order valence-electron chi connectivity index (χ0n) is 12.7. The van der Waals surface area contributed by atoms with Gasteiger partial charge >= 0.3 is 5.69 Å². The summed E-state index contributed by atoms with van der Waals surface area (Å²) in [6.45, 7) is 6.08. The van der Waals surface area contributed by atoms with E-state index in [1.807, 2.05) is 26.8 Å². The lowest BCUT2D eigenvalue weighted by Crippen LogP contribution is -2.36. The lowest BCUT2D eigenvalue weighted by molar-refractivity contribution is 0.748. The Morgan fingerprint density at radius 1 is 0.952 bits per heavy atom. The Bertz CT molecular complexity index is 982. The Labute approximate surface area is 121 Å². The van der Waals surface area contributed by atoms with Crippen LogP contribution in [-0.2, 0) is 14.1 Å². The van der Waals surface area contributed by atoms with Crippen LogP contribution in [0.2, 0.25) is 0 Å². The molecule has 21 heavy (non-hydrogen) atoms. The van der Waals surface area contributed by atoms with E-state index in [0.29, 0.717) is 5.82 Å². The predicted molar refractivity (Wildman–Crippen MR) is 80.9 cm³/mol. The fraction of sp³-hybridized carbons (Fsp3) is 0.333. The molecule has 0 saturated heterocycles. The lowest BCUT2D eigenvalue weighted by Gasteiger charge is -2.17. The first-order chi connectivity index (χ1) is 9.82. The van der Waals surface area contributed by atoms with Crippen molar-refractivity contribution in [2.24, 2.45) is 14.1 Å². The van der Waals surface area contributed by atoms with Crippen LogP contribution in [0.15, 0.2) is 15.7 Å². The van der Waals surface area contributed by atoms with Crippen LogP contribution in [0.5, 0.6) is 0 Å². The van der Waals surface area contributed by atoms with E-state index < -0.39 is 11.2 Å². The SMILES string of the molecule is Cc1cc2nc3c(=O)n(C)c(=O)nc-3n(C)c2c(C)c1C. The Morgan fingerprint density at radius 2 is 1.62 bits per heavy atom. The van der Waals surface area contributed by atoms with Gasteiger partial charge in [0.1, 0.15) is 0 Å². The molecule has 0 aliphatic carbocycles. The second-order valence-corrected chi connectivity index (χ2v) is 5.41. The number of aryl methyl sites for hydroxylation is 3. The van der Waals surface area contributed by atoms with Gasteiger partial charge in [-0.05, 0) is 43.5 Å². The molecule has 6 heteroatoms. The third kappa shape index (κ3) is 1.72. The van der Waals surface area contributed by atoms with Gasteiger partial charge in [0, 0.05) is 14.1 Å². The summed E-state index contributed by atoms with van der Waals surface area (Å²) in [5, 5.41) is 0. The Balaban J connectivity index is 2.67. The Hall–Kier alpha value is -2.50. The molecular formula is C15H16N4O2. The predicted octanol–water partition coefficient (Wildman–Crippen LogP) is 1.06. The molecule has 0 unspecified atom stereocenters. The molecule has 0 radical (unpaired) electrons. The van der Waals surface area contributed by atoms with Crippen LogP contribution in [0.1, 0.15) is 16.7 Å². The Morgan fingerprint density at radius 3 is 2.29 bits per heavy atom. The van der Waals surface area contributed by atoms with Crippen molar-refractivity contribution in [1.29, 1.82) is 0 Å². The maximum atomic E-state index is 12.2. The molecule has 6 nitrogen and oxygen atoms in total. The highest BCUT2D eigenvalue weighted by Gasteiger charge is 2.20. The van der Waals surface area contributed by atoms with Crippen molar-refractivity contribution >= 4 is 11.0 Å². The summed E-state index contributed by atoms with van der Waals surface area (Å²) < 4.78 is 2.76. The summed E-state index contributed by atoms with van der Waals surface area (Å²) >= 11 is 0. The first-order valence-corrected chi connectivity index (χ1v) is 6.67. The second kappa shape index (κ2) is 4.25. The molecule has 2 aliphatic rings. The number of rotatable bonds is 0. The lowest BCUT2D eigenvalue weighted by atomic mass is 10.0. The quantitative estimate of drug-likeness (QED) is 0.579. The van der Waals surface area contributed by atoms with Crippen molar-refractivity contribution in [1.82, 2.24) is 19.1 Å². The Kier molecular flexibility index (Phi) is 2.73. The molecule has 0 atom stereocenters. The normalized spacial score (nSPS) is 11.5. The summed E-state index contributed by atoms with van der Waals surface area (Å²) in [5.74, 6) is 0.321. The van der Waals surface area contributed by atoms with E-state index in [2.05, 4.69) is 9.97 Å². The number of hydrogen-bond donors (Lipinski definition) is 0. The summed E-state index contributed by atoms with van der Waals surface area (Å²) in [6.07, 6.45) is 0. The number of hydrogen-bond acceptors (Lipinski definition) is 4. The van der Waals surface area contributed by atoms with E-state index in [1.165, 1.54) is 12.6 Å². The van der Waals surface area contributed by atoms with Gasteiger partial charge in [-0.2, -0.15) is 4.98 Å². The smallest absolute Gasteiger partial charge is 0.325 e. The highest BCUT2D eigenvalue weighted by Crippen LogP contribution is 2.26. The fourth-order valence-corrected chi connectivity index (χ4v) is 2.67. The number of benzene rings is 1. The molecule has 0 N–H and O–H groups in total. The molecule has 2 heterocycles. The molecule has 0 saturated carbocycles. The van der Waals surface area contributed by atoms with Gasteiger partial charge in [-0.3, -0.25) is 9.36 Å². The average molecular weight is 284 g/mol. The molecule has 0 bridgehead atoms. The van der Waals surface area contributed by atoms with Crippen LogP contribution in [0, 0.1) is 20.8 Å². The minimum atomic E-state index is -0.564. The van der Waals surface area contributed by atoms with Crippen molar-refractivity contribution < 1.29 is 0 Å². The largest absolute Gasteiger partial charge is 0.352 e. The number of fused-ring (bicyclic) bond motifs is 2. The van der Waals surface area contributed by atoms with Gasteiger partial charge in [-0.25, -0.2) is 9.78 Å². The number of aromatic nitrogens is 4. The van der Waals surface area contributed by atoms with Crippen LogP contribution < -0.4 is 11.2 Å². The maximum Gasteiger partial charge on any atom is 0.352 e. The fourth-order valence-electron chi connectivity index (χ4n) is 2.67. The van der Waals surface area contributed by atoms with E-state index in [-0.39, 0.29) is 5.69 Å². The van der Waals surface area contributed by atoms with Gasteiger partial charge in [-0.1, -0.05) is 0 Å². The van der Waals surface area contributed by atoms with E-state index in [1.54, 1.807) is 11.6 Å². The summed E-state index contributed by atoms with van der Waals surface area (Å²) in [6, 6.07) is 1.96. The zero-order valence-corrected chi connectivity index (χ0v) is 12.7. The van der Waals surface area contributed by atoms with Crippen LogP contribution in [0.3, 0.4) is 0 Å². The molecule has 2 aliphatic heterocycles. The van der Waals surface area contributed by atoms with E-state index in [0.717, 1.165) is 26.7 Å². The third-order valence-electron chi connectivity index (χ3n) is 4.20. The first-order valence-electron chi connectivity index (χ1n) is 6.67. The molecule has 0 amide bonds. The van der Waals surface area contributed by atoms with Gasteiger partial charge in [0.05, 0.1) is 11.0 Å². The van der Waals surface area contributed by atoms with Crippen LogP contribution in [0.25, 0.3) is 22.6 Å². The van der Waals surface area contributed by atoms with E-state index in [4.69, 9.17) is 0 Å². The molecule has 0 aromatic heterocycles. The number of nitrogens with zero attached hydrogens (tertiary/aromatic N) is 4. The van der Waals surface area contributed by atoms with E-state index in [9.17, 15) is 9.59 Å². The van der Waals surface area contributed by atoms with Gasteiger partial charge in [-0.15, -0.1) is 0 Å². The van der Waals surface area contributed by atoms with Gasteiger partial charge in [0.2, 0.25) is 0 Å². The maximum absolute atomic E-state index is 12.2. The molecule has 108 valence electrons. The van der Waals surface area contributed by atoms with Crippen molar-refractivity contribution in [2.45, 2.75) is 20.8 Å². The summed E-state index contributed by atoms with van der Waals surface area (Å²) in [4.78, 5) is 32.4. The van der Waals surface area contributed by atoms with Crippen LogP contribution in [0.4, 0.5) is 0 Å². The average Bonchev–Trinajstić information content (AvgIpc) is 2.44. The van der Waals surface area contributed by atoms with Crippen molar-refractivity contribution in [3.05, 3.63) is 43.6 Å². The molecule has 0 spiro atoms. The highest BCUT2D eigenvalue weighted by atomic mass is 16.2. The minimum Gasteiger partial charge on any atom is -0.325 e. The van der Waals surface area contributed by atoms with Crippen molar-refractivity contribution in [2.75, 3.05) is 0 Å². The monoisotopic (exact) mass is 284 g/mol. The van der Waals surface area contributed by atoms with Gasteiger partial charge in [0.25, 0.3) is 5.56 Å². The van der Waals surface area contributed by atoms with Crippen molar-refractivity contribution in [3.63, 3.8) is 0 Å². The summed E-state index contributed by atoms with van der Waals surface area (Å²) in [5.41, 5.74) is 4.24. The molecule has 0 fully saturated rings. The minimum absolute atomic E-state index is 0.217. The molecular weight excluding hydrogens is 268 g/mol. The topological polar surface area (TPSA) is 69.8 Å². The van der Waals surface area contributed by atoms with Gasteiger partial charge in [0.15, 0.2) is 11.5 Å². The highest BCUT2D eigenvalue weighted by molar-refractivity contribution is 5.84. The third-order valence-corrected chi connectivity index (χ3v) is 4.20. The zero-order chi connectivity index (χ0) is 15.5. The standard InChI is InChI=1S/C15H16N4O2/c1-7-6-10-12(9(3)8(7)2)18(4)13-11(16-10)14(20)19(5)15(21)17-13/h6H,1-5H3. The van der Waals surface area contributed by atoms with E-state index >= 15 is 0 Å². The molecule has 1 aromatic rings. The first kappa shape index (κ1) is 13.5. The molecule has 1 aromatic carbocycles.